The normalized spacial score (nSPS) is 10.8. The molecular weight excluding hydrogens is 284 g/mol. The summed E-state index contributed by atoms with van der Waals surface area (Å²) >= 11 is 10.9. The Morgan fingerprint density at radius 1 is 1.43 bits per heavy atom. The van der Waals surface area contributed by atoms with Gasteiger partial charge in [-0.05, 0) is 29.1 Å². The Morgan fingerprint density at radius 3 is 2.86 bits per heavy atom. The Hall–Kier alpha value is -0.250. The van der Waals surface area contributed by atoms with Crippen LogP contribution in [0.4, 0.5) is 0 Å². The smallest absolute Gasteiger partial charge is 0.137 e. The van der Waals surface area contributed by atoms with E-state index < -0.39 is 0 Å². The van der Waals surface area contributed by atoms with E-state index >= 15 is 0 Å². The monoisotopic (exact) mass is 290 g/mol. The van der Waals surface area contributed by atoms with Gasteiger partial charge < -0.3 is 4.74 Å². The van der Waals surface area contributed by atoms with E-state index in [-0.39, 0.29) is 0 Å². The largest absolute Gasteiger partial charge is 0.495 e. The maximum atomic E-state index is 5.96. The van der Waals surface area contributed by atoms with Crippen LogP contribution < -0.4 is 4.74 Å². The van der Waals surface area contributed by atoms with E-state index in [1.54, 1.807) is 18.4 Å². The number of thiophene rings is 1. The molecule has 4 heteroatoms. The Kier molecular flexibility index (Phi) is 3.00. The van der Waals surface area contributed by atoms with Gasteiger partial charge in [0.1, 0.15) is 5.75 Å². The summed E-state index contributed by atoms with van der Waals surface area (Å²) in [6.45, 7) is 0. The molecule has 0 amide bonds. The average Bonchev–Trinajstić information content (AvgIpc) is 2.56. The van der Waals surface area contributed by atoms with Crippen molar-refractivity contribution in [3.63, 3.8) is 0 Å². The first-order valence-corrected chi connectivity index (χ1v) is 6.38. The Labute approximate surface area is 99.8 Å². The highest BCUT2D eigenvalue weighted by Gasteiger charge is 2.07. The molecule has 0 unspecified atom stereocenters. The van der Waals surface area contributed by atoms with Crippen LogP contribution in [0.25, 0.3) is 10.1 Å². The van der Waals surface area contributed by atoms with Gasteiger partial charge in [0, 0.05) is 5.33 Å². The number of ether oxygens (including phenoxy) is 1. The second kappa shape index (κ2) is 4.09. The summed E-state index contributed by atoms with van der Waals surface area (Å²) in [6.07, 6.45) is 0. The van der Waals surface area contributed by atoms with Gasteiger partial charge in [0.25, 0.3) is 0 Å². The first-order valence-electron chi connectivity index (χ1n) is 4.06. The summed E-state index contributed by atoms with van der Waals surface area (Å²) in [7, 11) is 1.68. The van der Waals surface area contributed by atoms with Gasteiger partial charge in [0.05, 0.1) is 16.1 Å². The standard InChI is InChI=1S/C10H8BrClOS/c1-13-8-3-6(5-11)2-7-4-9(12)14-10(7)8/h2-4H,5H2,1H3. The van der Waals surface area contributed by atoms with Gasteiger partial charge in [-0.15, -0.1) is 11.3 Å². The molecule has 0 spiro atoms. The van der Waals surface area contributed by atoms with Crippen LogP contribution >= 0.6 is 38.9 Å². The molecule has 0 atom stereocenters. The maximum absolute atomic E-state index is 5.96. The number of rotatable bonds is 2. The number of methoxy groups -OCH3 is 1. The molecule has 1 nitrogen and oxygen atoms in total. The molecule has 1 heterocycles. The first kappa shape index (κ1) is 10.3. The molecule has 0 saturated heterocycles. The quantitative estimate of drug-likeness (QED) is 0.742. The number of fused-ring (bicyclic) bond motifs is 1. The number of halogens is 2. The first-order chi connectivity index (χ1) is 6.74. The third-order valence-corrected chi connectivity index (χ3v) is 3.93. The van der Waals surface area contributed by atoms with Gasteiger partial charge in [-0.3, -0.25) is 0 Å². The van der Waals surface area contributed by atoms with Crippen molar-refractivity contribution in [2.45, 2.75) is 5.33 Å². The SMILES string of the molecule is COc1cc(CBr)cc2cc(Cl)sc12. The molecular formula is C10H8BrClOS. The van der Waals surface area contributed by atoms with Gasteiger partial charge in [0.2, 0.25) is 0 Å². The van der Waals surface area contributed by atoms with E-state index in [0.29, 0.717) is 0 Å². The van der Waals surface area contributed by atoms with Crippen molar-refractivity contribution in [3.05, 3.63) is 28.1 Å². The number of alkyl halides is 1. The second-order valence-corrected chi connectivity index (χ2v) is 5.14. The van der Waals surface area contributed by atoms with Crippen LogP contribution in [0.3, 0.4) is 0 Å². The fourth-order valence-corrected chi connectivity index (χ4v) is 2.91. The molecule has 0 N–H and O–H groups in total. The van der Waals surface area contributed by atoms with Crippen molar-refractivity contribution in [1.29, 1.82) is 0 Å². The lowest BCUT2D eigenvalue weighted by atomic mass is 10.2. The van der Waals surface area contributed by atoms with Crippen molar-refractivity contribution in [1.82, 2.24) is 0 Å². The minimum Gasteiger partial charge on any atom is -0.495 e. The molecule has 0 aliphatic rings. The summed E-state index contributed by atoms with van der Waals surface area (Å²) in [4.78, 5) is 0. The van der Waals surface area contributed by atoms with Gasteiger partial charge in [0.15, 0.2) is 0 Å². The number of hydrogen-bond donors (Lipinski definition) is 0. The Balaban J connectivity index is 2.72. The van der Waals surface area contributed by atoms with E-state index in [0.717, 1.165) is 25.5 Å². The Morgan fingerprint density at radius 2 is 2.21 bits per heavy atom. The van der Waals surface area contributed by atoms with E-state index in [2.05, 4.69) is 22.0 Å². The molecule has 0 radical (unpaired) electrons. The van der Waals surface area contributed by atoms with Crippen molar-refractivity contribution in [2.75, 3.05) is 7.11 Å². The van der Waals surface area contributed by atoms with E-state index in [4.69, 9.17) is 16.3 Å². The third kappa shape index (κ3) is 1.76. The molecule has 0 fully saturated rings. The highest BCUT2D eigenvalue weighted by Crippen LogP contribution is 2.37. The predicted molar refractivity (Wildman–Crippen MR) is 66.0 cm³/mol. The zero-order chi connectivity index (χ0) is 10.1. The summed E-state index contributed by atoms with van der Waals surface area (Å²) in [5.41, 5.74) is 1.20. The predicted octanol–water partition coefficient (Wildman–Crippen LogP) is 4.46. The maximum Gasteiger partial charge on any atom is 0.137 e. The van der Waals surface area contributed by atoms with Crippen molar-refractivity contribution >= 4 is 49.0 Å². The molecule has 0 saturated carbocycles. The second-order valence-electron chi connectivity index (χ2n) is 2.90. The highest BCUT2D eigenvalue weighted by atomic mass is 79.9. The number of hydrogen-bond acceptors (Lipinski definition) is 2. The molecule has 1 aromatic heterocycles. The molecule has 2 aromatic rings. The molecule has 0 aliphatic carbocycles. The molecule has 2 rings (SSSR count). The molecule has 0 aliphatic heterocycles. The van der Waals surface area contributed by atoms with Crippen molar-refractivity contribution in [2.24, 2.45) is 0 Å². The topological polar surface area (TPSA) is 9.23 Å². The minimum atomic E-state index is 0.796. The summed E-state index contributed by atoms with van der Waals surface area (Å²) in [5.74, 6) is 0.897. The summed E-state index contributed by atoms with van der Waals surface area (Å²) in [5, 5.41) is 1.97. The van der Waals surface area contributed by atoms with E-state index in [1.165, 1.54) is 5.56 Å². The lowest BCUT2D eigenvalue weighted by molar-refractivity contribution is 0.420. The van der Waals surface area contributed by atoms with Crippen molar-refractivity contribution < 1.29 is 4.74 Å². The van der Waals surface area contributed by atoms with Gasteiger partial charge in [-0.25, -0.2) is 0 Å². The molecule has 14 heavy (non-hydrogen) atoms. The lowest BCUT2D eigenvalue weighted by Crippen LogP contribution is -1.85. The van der Waals surface area contributed by atoms with Crippen LogP contribution in [-0.4, -0.2) is 7.11 Å². The van der Waals surface area contributed by atoms with Crippen LogP contribution in [0.2, 0.25) is 4.34 Å². The van der Waals surface area contributed by atoms with Gasteiger partial charge in [-0.1, -0.05) is 27.5 Å². The highest BCUT2D eigenvalue weighted by molar-refractivity contribution is 9.08. The van der Waals surface area contributed by atoms with Crippen molar-refractivity contribution in [3.8, 4) is 5.75 Å². The molecule has 0 bridgehead atoms. The summed E-state index contributed by atoms with van der Waals surface area (Å²) in [6, 6.07) is 6.12. The third-order valence-electron chi connectivity index (χ3n) is 1.99. The Bertz CT molecular complexity index is 466. The van der Waals surface area contributed by atoms with Crippen LogP contribution in [0, 0.1) is 0 Å². The van der Waals surface area contributed by atoms with E-state index in [9.17, 15) is 0 Å². The average molecular weight is 292 g/mol. The molecule has 1 aromatic carbocycles. The lowest BCUT2D eigenvalue weighted by Gasteiger charge is -2.03. The van der Waals surface area contributed by atoms with E-state index in [1.807, 2.05) is 12.1 Å². The van der Waals surface area contributed by atoms with Gasteiger partial charge >= 0.3 is 0 Å². The fourth-order valence-electron chi connectivity index (χ4n) is 1.38. The van der Waals surface area contributed by atoms with Crippen LogP contribution in [0.5, 0.6) is 5.75 Å². The summed E-state index contributed by atoms with van der Waals surface area (Å²) < 4.78 is 7.22. The fraction of sp³-hybridized carbons (Fsp3) is 0.200. The zero-order valence-corrected chi connectivity index (χ0v) is 10.7. The number of benzene rings is 1. The zero-order valence-electron chi connectivity index (χ0n) is 7.51. The van der Waals surface area contributed by atoms with Crippen LogP contribution in [0.15, 0.2) is 18.2 Å². The minimum absolute atomic E-state index is 0.796. The molecule has 74 valence electrons. The van der Waals surface area contributed by atoms with Crippen LogP contribution in [-0.2, 0) is 5.33 Å². The van der Waals surface area contributed by atoms with Crippen LogP contribution in [0.1, 0.15) is 5.56 Å². The van der Waals surface area contributed by atoms with Gasteiger partial charge in [-0.2, -0.15) is 0 Å².